The van der Waals surface area contributed by atoms with Crippen LogP contribution in [0.4, 0.5) is 30.2 Å². The van der Waals surface area contributed by atoms with Crippen molar-refractivity contribution in [2.24, 2.45) is 0 Å². The van der Waals surface area contributed by atoms with Crippen molar-refractivity contribution in [2.75, 3.05) is 14.8 Å². The van der Waals surface area contributed by atoms with Gasteiger partial charge in [0.2, 0.25) is 0 Å². The molecular weight excluding hydrogens is 603 g/mol. The number of carbonyl (C=O) groups excluding carboxylic acids is 1. The first-order valence-corrected chi connectivity index (χ1v) is 15.0. The smallest absolute Gasteiger partial charge is 0.322 e. The average Bonchev–Trinajstić information content (AvgIpc) is 2.88. The zero-order valence-corrected chi connectivity index (χ0v) is 23.4. The highest BCUT2D eigenvalue weighted by Gasteiger charge is 2.30. The molecular formula is C27H21ClF3N3O5S2. The molecule has 0 saturated carbocycles. The molecule has 0 fully saturated rings. The quantitative estimate of drug-likeness (QED) is 0.206. The van der Waals surface area contributed by atoms with Gasteiger partial charge in [-0.15, -0.1) is 0 Å². The molecule has 0 aliphatic heterocycles. The van der Waals surface area contributed by atoms with Crippen LogP contribution in [0.1, 0.15) is 21.5 Å². The molecule has 0 bridgehead atoms. The summed E-state index contributed by atoms with van der Waals surface area (Å²) in [6, 6.07) is 18.9. The van der Waals surface area contributed by atoms with Crippen LogP contribution >= 0.6 is 11.6 Å². The van der Waals surface area contributed by atoms with E-state index in [2.05, 4.69) is 14.8 Å². The highest BCUT2D eigenvalue weighted by Crippen LogP contribution is 2.31. The van der Waals surface area contributed by atoms with Gasteiger partial charge >= 0.3 is 6.18 Å². The Morgan fingerprint density at radius 3 is 1.98 bits per heavy atom. The molecule has 3 N–H and O–H groups in total. The van der Waals surface area contributed by atoms with Gasteiger partial charge in [-0.3, -0.25) is 14.2 Å². The number of amides is 1. The zero-order chi connectivity index (χ0) is 30.0. The van der Waals surface area contributed by atoms with Crippen molar-refractivity contribution in [3.8, 4) is 0 Å². The van der Waals surface area contributed by atoms with Crippen LogP contribution in [-0.4, -0.2) is 22.7 Å². The standard InChI is InChI=1S/C27H21ClF3N3O5S2/c1-17-4-2-6-21(14-17)34-41(38,39)25-15-18(8-13-24(25)28)26(35)32-20-9-11-23(12-10-20)40(36,37)33-22-7-3-5-19(16-22)27(29,30)31/h2-16,33-34H,1H3,(H,32,35). The Labute approximate surface area is 239 Å². The lowest BCUT2D eigenvalue weighted by molar-refractivity contribution is -0.137. The summed E-state index contributed by atoms with van der Waals surface area (Å²) < 4.78 is 94.6. The van der Waals surface area contributed by atoms with Crippen LogP contribution in [0.5, 0.6) is 0 Å². The second-order valence-electron chi connectivity index (χ2n) is 8.78. The summed E-state index contributed by atoms with van der Waals surface area (Å²) in [7, 11) is -8.39. The Morgan fingerprint density at radius 1 is 0.732 bits per heavy atom. The van der Waals surface area contributed by atoms with E-state index in [-0.39, 0.29) is 31.8 Å². The van der Waals surface area contributed by atoms with Gasteiger partial charge in [-0.2, -0.15) is 13.2 Å². The Balaban J connectivity index is 1.49. The van der Waals surface area contributed by atoms with Gasteiger partial charge in [0.05, 0.1) is 15.5 Å². The predicted molar refractivity (Wildman–Crippen MR) is 150 cm³/mol. The summed E-state index contributed by atoms with van der Waals surface area (Å²) in [6.07, 6.45) is -4.64. The lowest BCUT2D eigenvalue weighted by Crippen LogP contribution is -2.17. The first-order valence-electron chi connectivity index (χ1n) is 11.6. The van der Waals surface area contributed by atoms with Crippen molar-refractivity contribution in [3.05, 3.63) is 113 Å². The van der Waals surface area contributed by atoms with Gasteiger partial charge in [0, 0.05) is 22.6 Å². The van der Waals surface area contributed by atoms with E-state index in [0.717, 1.165) is 35.9 Å². The molecule has 214 valence electrons. The van der Waals surface area contributed by atoms with E-state index in [4.69, 9.17) is 11.6 Å². The second-order valence-corrected chi connectivity index (χ2v) is 12.5. The van der Waals surface area contributed by atoms with Crippen LogP contribution in [-0.2, 0) is 26.2 Å². The number of alkyl halides is 3. The van der Waals surface area contributed by atoms with Crippen molar-refractivity contribution in [2.45, 2.75) is 22.9 Å². The average molecular weight is 624 g/mol. The SMILES string of the molecule is Cc1cccc(NS(=O)(=O)c2cc(C(=O)Nc3ccc(S(=O)(=O)Nc4cccc(C(F)(F)F)c4)cc3)ccc2Cl)c1. The molecule has 4 rings (SSSR count). The van der Waals surface area contributed by atoms with E-state index in [9.17, 15) is 34.8 Å². The van der Waals surface area contributed by atoms with E-state index < -0.39 is 37.7 Å². The number of hydrogen-bond acceptors (Lipinski definition) is 5. The van der Waals surface area contributed by atoms with E-state index in [0.29, 0.717) is 11.8 Å². The Kier molecular flexibility index (Phi) is 8.34. The zero-order valence-electron chi connectivity index (χ0n) is 21.0. The van der Waals surface area contributed by atoms with Crippen molar-refractivity contribution >= 4 is 54.6 Å². The topological polar surface area (TPSA) is 121 Å². The van der Waals surface area contributed by atoms with Crippen molar-refractivity contribution < 1.29 is 34.8 Å². The molecule has 14 heteroatoms. The molecule has 4 aromatic rings. The number of sulfonamides is 2. The maximum atomic E-state index is 13.0. The first kappa shape index (κ1) is 29.9. The predicted octanol–water partition coefficient (Wildman–Crippen LogP) is 6.52. The lowest BCUT2D eigenvalue weighted by Gasteiger charge is -2.13. The molecule has 0 heterocycles. The lowest BCUT2D eigenvalue weighted by atomic mass is 10.2. The number of rotatable bonds is 8. The van der Waals surface area contributed by atoms with Crippen molar-refractivity contribution in [1.82, 2.24) is 0 Å². The minimum atomic E-state index is -4.64. The molecule has 0 radical (unpaired) electrons. The fourth-order valence-corrected chi connectivity index (χ4v) is 6.29. The number of anilines is 3. The van der Waals surface area contributed by atoms with Gasteiger partial charge in [-0.1, -0.05) is 29.8 Å². The molecule has 0 saturated heterocycles. The van der Waals surface area contributed by atoms with Crippen LogP contribution in [0.25, 0.3) is 0 Å². The van der Waals surface area contributed by atoms with E-state index in [1.54, 1.807) is 31.2 Å². The summed E-state index contributed by atoms with van der Waals surface area (Å²) in [5.41, 5.74) is -0.0159. The Morgan fingerprint density at radius 2 is 1.34 bits per heavy atom. The van der Waals surface area contributed by atoms with E-state index in [1.807, 2.05) is 0 Å². The summed E-state index contributed by atoms with van der Waals surface area (Å²) in [5, 5.41) is 2.42. The summed E-state index contributed by atoms with van der Waals surface area (Å²) >= 11 is 6.12. The van der Waals surface area contributed by atoms with Crippen molar-refractivity contribution in [3.63, 3.8) is 0 Å². The third-order valence-electron chi connectivity index (χ3n) is 5.62. The maximum absolute atomic E-state index is 13.0. The fraction of sp³-hybridized carbons (Fsp3) is 0.0741. The molecule has 4 aromatic carbocycles. The third-order valence-corrected chi connectivity index (χ3v) is 8.88. The molecule has 0 atom stereocenters. The minimum absolute atomic E-state index is 0.0399. The van der Waals surface area contributed by atoms with E-state index in [1.165, 1.54) is 30.3 Å². The van der Waals surface area contributed by atoms with Crippen LogP contribution in [0.3, 0.4) is 0 Å². The molecule has 41 heavy (non-hydrogen) atoms. The summed E-state index contributed by atoms with van der Waals surface area (Å²) in [6.45, 7) is 1.80. The largest absolute Gasteiger partial charge is 0.416 e. The molecule has 0 aliphatic rings. The number of benzene rings is 4. The number of aryl methyl sites for hydroxylation is 1. The third kappa shape index (κ3) is 7.37. The van der Waals surface area contributed by atoms with Crippen LogP contribution in [0.15, 0.2) is 101 Å². The maximum Gasteiger partial charge on any atom is 0.416 e. The van der Waals surface area contributed by atoms with Gasteiger partial charge in [-0.05, 0) is 85.3 Å². The molecule has 0 aromatic heterocycles. The molecule has 0 spiro atoms. The molecule has 0 unspecified atom stereocenters. The van der Waals surface area contributed by atoms with Crippen molar-refractivity contribution in [1.29, 1.82) is 0 Å². The highest BCUT2D eigenvalue weighted by molar-refractivity contribution is 7.93. The minimum Gasteiger partial charge on any atom is -0.322 e. The van der Waals surface area contributed by atoms with Crippen LogP contribution in [0.2, 0.25) is 5.02 Å². The summed E-state index contributed by atoms with van der Waals surface area (Å²) in [5.74, 6) is -0.702. The molecule has 0 aliphatic carbocycles. The van der Waals surface area contributed by atoms with Gasteiger partial charge in [0.25, 0.3) is 26.0 Å². The van der Waals surface area contributed by atoms with Gasteiger partial charge in [0.15, 0.2) is 0 Å². The van der Waals surface area contributed by atoms with Gasteiger partial charge in [0.1, 0.15) is 4.90 Å². The Bertz CT molecular complexity index is 1830. The number of nitrogens with one attached hydrogen (secondary N) is 3. The van der Waals surface area contributed by atoms with Crippen LogP contribution < -0.4 is 14.8 Å². The summed E-state index contributed by atoms with van der Waals surface area (Å²) in [4.78, 5) is 12.3. The Hall–Kier alpha value is -4.07. The van der Waals surface area contributed by atoms with E-state index >= 15 is 0 Å². The molecule has 1 amide bonds. The molecule has 8 nitrogen and oxygen atoms in total. The van der Waals surface area contributed by atoms with Crippen LogP contribution in [0, 0.1) is 6.92 Å². The monoisotopic (exact) mass is 623 g/mol. The van der Waals surface area contributed by atoms with Gasteiger partial charge < -0.3 is 5.32 Å². The van der Waals surface area contributed by atoms with Gasteiger partial charge in [-0.25, -0.2) is 16.8 Å². The second kappa shape index (κ2) is 11.4. The first-order chi connectivity index (χ1) is 19.1. The number of hydrogen-bond donors (Lipinski definition) is 3. The number of carbonyl (C=O) groups is 1. The normalized spacial score (nSPS) is 12.0. The fourth-order valence-electron chi connectivity index (χ4n) is 3.66. The highest BCUT2D eigenvalue weighted by atomic mass is 35.5. The number of halogens is 4.